The maximum Gasteiger partial charge on any atom is 0.0465 e. The van der Waals surface area contributed by atoms with Crippen molar-refractivity contribution < 1.29 is 0 Å². The molecule has 0 amide bonds. The van der Waals surface area contributed by atoms with Crippen LogP contribution in [-0.4, -0.2) is 9.97 Å². The Balaban J connectivity index is 0.968. The maximum absolute atomic E-state index is 3.55. The topological polar surface area (TPSA) is 31.6 Å². The number of fused-ring (bicyclic) bond motifs is 6. The van der Waals surface area contributed by atoms with Gasteiger partial charge in [0.1, 0.15) is 0 Å². The Kier molecular flexibility index (Phi) is 6.53. The summed E-state index contributed by atoms with van der Waals surface area (Å²) in [4.78, 5) is 7.10. The zero-order valence-corrected chi connectivity index (χ0v) is 27.3. The number of benzene rings is 8. The van der Waals surface area contributed by atoms with Crippen LogP contribution in [0.5, 0.6) is 0 Å². The molecule has 2 heteroatoms. The first-order valence-corrected chi connectivity index (χ1v) is 17.2. The SMILES string of the molecule is c1cc(-c2cccc(-c3cccc(-c4ccc5[nH]c6ccccc6c5c4)c3)c2)cc(-c2cccc(-c3ccc4[nH]c5ccccc5c4c3)c2)c1. The average molecular weight is 637 g/mol. The third kappa shape index (κ3) is 4.89. The third-order valence-corrected chi connectivity index (χ3v) is 10.1. The molecule has 2 aromatic heterocycles. The van der Waals surface area contributed by atoms with Gasteiger partial charge in [-0.15, -0.1) is 0 Å². The summed E-state index contributed by atoms with van der Waals surface area (Å²) in [6.07, 6.45) is 0. The quantitative estimate of drug-likeness (QED) is 0.188. The first-order valence-electron chi connectivity index (χ1n) is 17.2. The molecule has 50 heavy (non-hydrogen) atoms. The highest BCUT2D eigenvalue weighted by Gasteiger charge is 2.10. The summed E-state index contributed by atoms with van der Waals surface area (Å²) >= 11 is 0. The molecular weight excluding hydrogens is 605 g/mol. The molecule has 0 aliphatic heterocycles. The molecule has 0 radical (unpaired) electrons. The molecular formula is C48H32N2. The minimum Gasteiger partial charge on any atom is -0.355 e. The molecule has 234 valence electrons. The van der Waals surface area contributed by atoms with Crippen molar-refractivity contribution in [2.45, 2.75) is 0 Å². The van der Waals surface area contributed by atoms with Crippen LogP contribution in [0.2, 0.25) is 0 Å². The van der Waals surface area contributed by atoms with Crippen LogP contribution < -0.4 is 0 Å². The van der Waals surface area contributed by atoms with Gasteiger partial charge < -0.3 is 9.97 Å². The van der Waals surface area contributed by atoms with Gasteiger partial charge in [-0.2, -0.15) is 0 Å². The predicted octanol–water partition coefficient (Wildman–Crippen LogP) is 13.3. The first-order chi connectivity index (χ1) is 24.7. The van der Waals surface area contributed by atoms with E-state index < -0.39 is 0 Å². The Morgan fingerprint density at radius 2 is 0.480 bits per heavy atom. The lowest BCUT2D eigenvalue weighted by atomic mass is 9.93. The van der Waals surface area contributed by atoms with Crippen molar-refractivity contribution in [3.63, 3.8) is 0 Å². The van der Waals surface area contributed by atoms with E-state index in [-0.39, 0.29) is 0 Å². The van der Waals surface area contributed by atoms with Gasteiger partial charge in [0, 0.05) is 43.6 Å². The summed E-state index contributed by atoms with van der Waals surface area (Å²) in [6, 6.07) is 66.1. The second-order valence-electron chi connectivity index (χ2n) is 13.2. The van der Waals surface area contributed by atoms with Crippen molar-refractivity contribution >= 4 is 43.6 Å². The van der Waals surface area contributed by atoms with Gasteiger partial charge in [0.2, 0.25) is 0 Å². The van der Waals surface area contributed by atoms with Gasteiger partial charge in [0.15, 0.2) is 0 Å². The molecule has 0 atom stereocenters. The van der Waals surface area contributed by atoms with Crippen LogP contribution in [0.4, 0.5) is 0 Å². The molecule has 0 aliphatic rings. The number of H-pyrrole nitrogens is 2. The van der Waals surface area contributed by atoms with E-state index in [9.17, 15) is 0 Å². The summed E-state index contributed by atoms with van der Waals surface area (Å²) in [5, 5.41) is 5.03. The molecule has 2 nitrogen and oxygen atoms in total. The van der Waals surface area contributed by atoms with E-state index >= 15 is 0 Å². The number of para-hydroxylation sites is 2. The van der Waals surface area contributed by atoms with Crippen LogP contribution in [0.1, 0.15) is 0 Å². The zero-order chi connectivity index (χ0) is 33.0. The largest absolute Gasteiger partial charge is 0.355 e. The van der Waals surface area contributed by atoms with Crippen LogP contribution in [0.3, 0.4) is 0 Å². The molecule has 0 unspecified atom stereocenters. The summed E-state index contributed by atoms with van der Waals surface area (Å²) in [5.74, 6) is 0. The van der Waals surface area contributed by atoms with Crippen LogP contribution in [0.25, 0.3) is 99.2 Å². The summed E-state index contributed by atoms with van der Waals surface area (Å²) in [5.41, 5.74) is 16.8. The summed E-state index contributed by atoms with van der Waals surface area (Å²) in [7, 11) is 0. The van der Waals surface area contributed by atoms with Crippen molar-refractivity contribution in [1.82, 2.24) is 9.97 Å². The molecule has 8 aromatic carbocycles. The molecule has 0 bridgehead atoms. The fraction of sp³-hybridized carbons (Fsp3) is 0. The van der Waals surface area contributed by atoms with Gasteiger partial charge in [-0.25, -0.2) is 0 Å². The number of hydrogen-bond donors (Lipinski definition) is 2. The van der Waals surface area contributed by atoms with Crippen molar-refractivity contribution in [2.75, 3.05) is 0 Å². The van der Waals surface area contributed by atoms with Gasteiger partial charge in [0.05, 0.1) is 0 Å². The highest BCUT2D eigenvalue weighted by atomic mass is 14.7. The normalized spacial score (nSPS) is 11.6. The van der Waals surface area contributed by atoms with Crippen molar-refractivity contribution in [1.29, 1.82) is 0 Å². The van der Waals surface area contributed by atoms with Crippen LogP contribution in [0.15, 0.2) is 182 Å². The lowest BCUT2D eigenvalue weighted by Gasteiger charge is -2.11. The maximum atomic E-state index is 3.55. The Bertz CT molecular complexity index is 2690. The highest BCUT2D eigenvalue weighted by molar-refractivity contribution is 6.09. The molecule has 10 aromatic rings. The smallest absolute Gasteiger partial charge is 0.0465 e. The van der Waals surface area contributed by atoms with Crippen molar-refractivity contribution in [2.24, 2.45) is 0 Å². The van der Waals surface area contributed by atoms with Crippen LogP contribution in [-0.2, 0) is 0 Å². The van der Waals surface area contributed by atoms with Gasteiger partial charge in [-0.05, 0) is 116 Å². The highest BCUT2D eigenvalue weighted by Crippen LogP contribution is 2.36. The number of rotatable bonds is 5. The molecule has 0 spiro atoms. The van der Waals surface area contributed by atoms with Gasteiger partial charge in [-0.3, -0.25) is 0 Å². The zero-order valence-electron chi connectivity index (χ0n) is 27.3. The molecule has 0 aliphatic carbocycles. The number of nitrogens with one attached hydrogen (secondary N) is 2. The van der Waals surface area contributed by atoms with E-state index in [0.29, 0.717) is 0 Å². The minimum absolute atomic E-state index is 1.17. The third-order valence-electron chi connectivity index (χ3n) is 10.1. The number of hydrogen-bond acceptors (Lipinski definition) is 0. The first kappa shape index (κ1) is 28.4. The second kappa shape index (κ2) is 11.5. The van der Waals surface area contributed by atoms with E-state index in [1.165, 1.54) is 99.2 Å². The van der Waals surface area contributed by atoms with Crippen molar-refractivity contribution in [3.8, 4) is 55.6 Å². The van der Waals surface area contributed by atoms with E-state index in [0.717, 1.165) is 0 Å². The van der Waals surface area contributed by atoms with E-state index in [2.05, 4.69) is 192 Å². The molecule has 2 heterocycles. The summed E-state index contributed by atoms with van der Waals surface area (Å²) < 4.78 is 0. The molecule has 2 N–H and O–H groups in total. The number of aromatic amines is 2. The molecule has 0 saturated carbocycles. The van der Waals surface area contributed by atoms with Crippen molar-refractivity contribution in [3.05, 3.63) is 182 Å². The monoisotopic (exact) mass is 636 g/mol. The Morgan fingerprint density at radius 1 is 0.200 bits per heavy atom. The lowest BCUT2D eigenvalue weighted by molar-refractivity contribution is 1.54. The number of aromatic nitrogens is 2. The van der Waals surface area contributed by atoms with E-state index in [4.69, 9.17) is 0 Å². The van der Waals surface area contributed by atoms with Gasteiger partial charge in [0.25, 0.3) is 0 Å². The lowest BCUT2D eigenvalue weighted by Crippen LogP contribution is -1.85. The Morgan fingerprint density at radius 3 is 0.820 bits per heavy atom. The molecule has 0 saturated heterocycles. The van der Waals surface area contributed by atoms with Gasteiger partial charge in [-0.1, -0.05) is 121 Å². The molecule has 10 rings (SSSR count). The van der Waals surface area contributed by atoms with Crippen LogP contribution >= 0.6 is 0 Å². The predicted molar refractivity (Wildman–Crippen MR) is 212 cm³/mol. The average Bonchev–Trinajstić information content (AvgIpc) is 3.76. The Hall–Kier alpha value is -6.64. The van der Waals surface area contributed by atoms with Crippen LogP contribution in [0, 0.1) is 0 Å². The standard InChI is InChI=1S/C48H32N2/c1-3-19-45-41(17-1)43-29-39(21-23-47(43)49-45)37-15-7-13-35(27-37)33-11-5-9-31(25-33)32-10-6-12-34(26-32)36-14-8-16-38(28-36)40-22-24-48-44(30-40)42-18-2-4-20-46(42)50-48/h1-30,49-50H. The fourth-order valence-corrected chi connectivity index (χ4v) is 7.57. The fourth-order valence-electron chi connectivity index (χ4n) is 7.57. The van der Waals surface area contributed by atoms with E-state index in [1.54, 1.807) is 0 Å². The molecule has 0 fully saturated rings. The van der Waals surface area contributed by atoms with Gasteiger partial charge >= 0.3 is 0 Å². The second-order valence-corrected chi connectivity index (χ2v) is 13.2. The van der Waals surface area contributed by atoms with E-state index in [1.807, 2.05) is 0 Å². The summed E-state index contributed by atoms with van der Waals surface area (Å²) in [6.45, 7) is 0. The Labute approximate surface area is 290 Å². The minimum atomic E-state index is 1.17.